The molecule has 0 aliphatic heterocycles. The molecule has 8 heteroatoms. The molecule has 0 N–H and O–H groups in total. The molecule has 146 valence electrons. The summed E-state index contributed by atoms with van der Waals surface area (Å²) in [6.07, 6.45) is 3.82. The van der Waals surface area contributed by atoms with Crippen molar-refractivity contribution in [1.82, 2.24) is 19.6 Å². The van der Waals surface area contributed by atoms with Crippen molar-refractivity contribution in [1.29, 1.82) is 5.26 Å². The minimum atomic E-state index is -0.814. The number of benzene rings is 1. The lowest BCUT2D eigenvalue weighted by Gasteiger charge is -2.07. The molecular weight excluding hydrogens is 370 g/mol. The number of hydrogen-bond donors (Lipinski definition) is 0. The second-order valence-corrected chi connectivity index (χ2v) is 7.07. The van der Waals surface area contributed by atoms with Crippen LogP contribution >= 0.6 is 0 Å². The highest BCUT2D eigenvalue weighted by Gasteiger charge is 2.27. The van der Waals surface area contributed by atoms with Crippen molar-refractivity contribution in [3.63, 3.8) is 0 Å². The van der Waals surface area contributed by atoms with Crippen LogP contribution in [-0.4, -0.2) is 25.5 Å². The molecule has 0 radical (unpaired) electrons. The van der Waals surface area contributed by atoms with E-state index < -0.39 is 18.3 Å². The number of carbonyl (C=O) groups excluding carboxylic acids is 1. The van der Waals surface area contributed by atoms with Gasteiger partial charge in [-0.15, -0.1) is 5.10 Å². The smallest absolute Gasteiger partial charge is 0.350 e. The van der Waals surface area contributed by atoms with Crippen molar-refractivity contribution in [2.24, 2.45) is 0 Å². The quantitative estimate of drug-likeness (QED) is 0.378. The van der Waals surface area contributed by atoms with Crippen molar-refractivity contribution in [2.45, 2.75) is 39.5 Å². The lowest BCUT2D eigenvalue weighted by Crippen LogP contribution is -2.26. The lowest BCUT2D eigenvalue weighted by molar-refractivity contribution is -0.142. The van der Waals surface area contributed by atoms with Crippen LogP contribution in [0.3, 0.4) is 0 Å². The Morgan fingerprint density at radius 2 is 2.10 bits per heavy atom. The van der Waals surface area contributed by atoms with Gasteiger partial charge in [-0.05, 0) is 56.5 Å². The molecule has 1 aliphatic rings. The van der Waals surface area contributed by atoms with Gasteiger partial charge in [0.25, 0.3) is 5.56 Å². The normalized spacial score (nSPS) is 14.0. The molecular formula is C21H19N5O3. The number of ether oxygens (including phenoxy) is 1. The van der Waals surface area contributed by atoms with E-state index in [1.54, 1.807) is 24.3 Å². The second kappa shape index (κ2) is 7.36. The Bertz CT molecular complexity index is 1240. The number of nitriles is 1. The van der Waals surface area contributed by atoms with Crippen molar-refractivity contribution in [3.8, 4) is 6.07 Å². The molecule has 1 aromatic carbocycles. The number of rotatable bonds is 5. The summed E-state index contributed by atoms with van der Waals surface area (Å²) in [6, 6.07) is 11.1. The van der Waals surface area contributed by atoms with E-state index in [0.29, 0.717) is 16.9 Å². The molecule has 0 unspecified atom stereocenters. The van der Waals surface area contributed by atoms with Crippen LogP contribution in [-0.2, 0) is 16.3 Å². The minimum absolute atomic E-state index is 0.136. The Labute approximate surface area is 166 Å². The van der Waals surface area contributed by atoms with Gasteiger partial charge in [-0.2, -0.15) is 9.94 Å². The molecule has 3 aromatic rings. The van der Waals surface area contributed by atoms with Gasteiger partial charge in [-0.3, -0.25) is 4.79 Å². The number of hydrogen-bond acceptors (Lipinski definition) is 6. The topological polar surface area (TPSA) is 103 Å². The van der Waals surface area contributed by atoms with E-state index in [1.807, 2.05) is 26.0 Å². The summed E-state index contributed by atoms with van der Waals surface area (Å²) in [4.78, 5) is 24.8. The maximum Gasteiger partial charge on any atom is 0.350 e. The van der Waals surface area contributed by atoms with Crippen LogP contribution in [0.2, 0.25) is 0 Å². The molecule has 8 nitrogen and oxygen atoms in total. The molecule has 0 atom stereocenters. The number of aromatic nitrogens is 4. The molecule has 2 heterocycles. The van der Waals surface area contributed by atoms with Gasteiger partial charge in [0.05, 0.1) is 5.39 Å². The van der Waals surface area contributed by atoms with E-state index in [2.05, 4.69) is 14.9 Å². The Morgan fingerprint density at radius 1 is 1.34 bits per heavy atom. The third-order valence-corrected chi connectivity index (χ3v) is 5.02. The third kappa shape index (κ3) is 3.55. The number of carbonyl (C=O) groups is 1. The lowest BCUT2D eigenvalue weighted by atomic mass is 10.1. The fourth-order valence-corrected chi connectivity index (χ4v) is 3.44. The summed E-state index contributed by atoms with van der Waals surface area (Å²) in [6.45, 7) is 3.56. The summed E-state index contributed by atoms with van der Waals surface area (Å²) in [7, 11) is 0. The zero-order valence-electron chi connectivity index (χ0n) is 16.1. The van der Waals surface area contributed by atoms with E-state index in [1.165, 1.54) is 6.08 Å². The molecule has 1 saturated carbocycles. The van der Waals surface area contributed by atoms with Crippen LogP contribution in [0.1, 0.15) is 35.8 Å². The first-order chi connectivity index (χ1) is 14.0. The van der Waals surface area contributed by atoms with E-state index in [4.69, 9.17) is 4.74 Å². The first kappa shape index (κ1) is 18.6. The highest BCUT2D eigenvalue weighted by Crippen LogP contribution is 2.38. The van der Waals surface area contributed by atoms with Gasteiger partial charge in [0.15, 0.2) is 6.73 Å². The number of nitrogens with zero attached hydrogens (tertiary/aromatic N) is 5. The Hall–Kier alpha value is -3.73. The van der Waals surface area contributed by atoms with Gasteiger partial charge in [0.2, 0.25) is 0 Å². The number of fused-ring (bicyclic) bond motifs is 1. The van der Waals surface area contributed by atoms with Crippen molar-refractivity contribution >= 4 is 22.9 Å². The first-order valence-corrected chi connectivity index (χ1v) is 9.29. The zero-order valence-corrected chi connectivity index (χ0v) is 16.1. The van der Waals surface area contributed by atoms with E-state index in [-0.39, 0.29) is 5.57 Å². The SMILES string of the molecule is Cc1cc(/C=C(\C#N)C(=O)OCn2nnc3ccccc3c2=O)c(C)n1C1CC1. The van der Waals surface area contributed by atoms with Crippen molar-refractivity contribution < 1.29 is 9.53 Å². The summed E-state index contributed by atoms with van der Waals surface area (Å²) in [5, 5.41) is 17.5. The summed E-state index contributed by atoms with van der Waals surface area (Å²) in [5.41, 5.74) is 2.83. The number of esters is 1. The molecule has 1 fully saturated rings. The zero-order chi connectivity index (χ0) is 20.5. The largest absolute Gasteiger partial charge is 0.438 e. The predicted molar refractivity (Wildman–Crippen MR) is 106 cm³/mol. The summed E-state index contributed by atoms with van der Waals surface area (Å²) < 4.78 is 8.33. The molecule has 0 bridgehead atoms. The van der Waals surface area contributed by atoms with Crippen LogP contribution in [0.15, 0.2) is 40.7 Å². The van der Waals surface area contributed by atoms with Gasteiger partial charge in [-0.1, -0.05) is 17.3 Å². The average molecular weight is 389 g/mol. The van der Waals surface area contributed by atoms with E-state index in [9.17, 15) is 14.9 Å². The van der Waals surface area contributed by atoms with Gasteiger partial charge in [0, 0.05) is 17.4 Å². The second-order valence-electron chi connectivity index (χ2n) is 7.07. The van der Waals surface area contributed by atoms with Crippen LogP contribution in [0, 0.1) is 25.2 Å². The molecule has 0 saturated heterocycles. The van der Waals surface area contributed by atoms with Crippen LogP contribution in [0.5, 0.6) is 0 Å². The Kier molecular flexibility index (Phi) is 4.72. The van der Waals surface area contributed by atoms with E-state index >= 15 is 0 Å². The summed E-state index contributed by atoms with van der Waals surface area (Å²) >= 11 is 0. The fraction of sp³-hybridized carbons (Fsp3) is 0.286. The van der Waals surface area contributed by atoms with Crippen LogP contribution in [0.25, 0.3) is 17.0 Å². The van der Waals surface area contributed by atoms with Gasteiger partial charge in [0.1, 0.15) is 17.2 Å². The molecule has 1 aliphatic carbocycles. The number of aryl methyl sites for hydroxylation is 1. The Morgan fingerprint density at radius 3 is 2.83 bits per heavy atom. The maximum atomic E-state index is 12.4. The van der Waals surface area contributed by atoms with Crippen LogP contribution < -0.4 is 5.56 Å². The van der Waals surface area contributed by atoms with Gasteiger partial charge in [-0.25, -0.2) is 4.79 Å². The maximum absolute atomic E-state index is 12.4. The average Bonchev–Trinajstić information content (AvgIpc) is 3.51. The molecule has 0 amide bonds. The third-order valence-electron chi connectivity index (χ3n) is 5.02. The van der Waals surface area contributed by atoms with Crippen molar-refractivity contribution in [3.05, 3.63) is 63.2 Å². The molecule has 4 rings (SSSR count). The monoisotopic (exact) mass is 389 g/mol. The molecule has 29 heavy (non-hydrogen) atoms. The minimum Gasteiger partial charge on any atom is -0.438 e. The van der Waals surface area contributed by atoms with E-state index in [0.717, 1.165) is 34.5 Å². The standard InChI is InChI=1S/C21H19N5O3/c1-13-9-15(14(2)26(13)17-7-8-17)10-16(11-22)21(28)29-12-25-20(27)18-5-3-4-6-19(18)23-24-25/h3-6,9-10,17H,7-8,12H2,1-2H3/b16-10+. The summed E-state index contributed by atoms with van der Waals surface area (Å²) in [5.74, 6) is -0.814. The van der Waals surface area contributed by atoms with Gasteiger partial charge < -0.3 is 9.30 Å². The van der Waals surface area contributed by atoms with Crippen LogP contribution in [0.4, 0.5) is 0 Å². The van der Waals surface area contributed by atoms with Gasteiger partial charge >= 0.3 is 5.97 Å². The molecule has 0 spiro atoms. The highest BCUT2D eigenvalue weighted by atomic mass is 16.5. The predicted octanol–water partition coefficient (Wildman–Crippen LogP) is 2.65. The molecule has 2 aromatic heterocycles. The highest BCUT2D eigenvalue weighted by molar-refractivity contribution is 5.98. The van der Waals surface area contributed by atoms with Crippen molar-refractivity contribution in [2.75, 3.05) is 0 Å². The Balaban J connectivity index is 1.54. The first-order valence-electron chi connectivity index (χ1n) is 9.29. The fourth-order valence-electron chi connectivity index (χ4n) is 3.44.